The van der Waals surface area contributed by atoms with Gasteiger partial charge in [0.1, 0.15) is 0 Å². The van der Waals surface area contributed by atoms with Crippen molar-refractivity contribution < 1.29 is 0 Å². The summed E-state index contributed by atoms with van der Waals surface area (Å²) in [6, 6.07) is 6.08. The van der Waals surface area contributed by atoms with E-state index < -0.39 is 0 Å². The largest absolute Gasteiger partial charge is 0.312 e. The van der Waals surface area contributed by atoms with Crippen LogP contribution in [0.15, 0.2) is 22.7 Å². The van der Waals surface area contributed by atoms with Crippen LogP contribution in [0.4, 0.5) is 0 Å². The van der Waals surface area contributed by atoms with Gasteiger partial charge in [-0.3, -0.25) is 0 Å². The van der Waals surface area contributed by atoms with Crippen LogP contribution < -0.4 is 5.32 Å². The van der Waals surface area contributed by atoms with Crippen LogP contribution in [-0.4, -0.2) is 6.54 Å². The van der Waals surface area contributed by atoms with Gasteiger partial charge < -0.3 is 5.32 Å². The van der Waals surface area contributed by atoms with Gasteiger partial charge in [-0.15, -0.1) is 0 Å². The van der Waals surface area contributed by atoms with Gasteiger partial charge in [-0.25, -0.2) is 0 Å². The van der Waals surface area contributed by atoms with Crippen LogP contribution >= 0.6 is 27.5 Å². The molecule has 0 atom stereocenters. The smallest absolute Gasteiger partial charge is 0.0462 e. The Morgan fingerprint density at radius 1 is 1.41 bits per heavy atom. The van der Waals surface area contributed by atoms with E-state index >= 15 is 0 Å². The SMILES string of the molecule is CCCC1(CNCc2ccc(Br)cc2Cl)CC1. The summed E-state index contributed by atoms with van der Waals surface area (Å²) < 4.78 is 1.04. The van der Waals surface area contributed by atoms with Gasteiger partial charge in [-0.1, -0.05) is 46.9 Å². The number of hydrogen-bond acceptors (Lipinski definition) is 1. The molecule has 1 aromatic rings. The van der Waals surface area contributed by atoms with E-state index in [2.05, 4.69) is 34.2 Å². The Hall–Kier alpha value is -0.0500. The monoisotopic (exact) mass is 315 g/mol. The van der Waals surface area contributed by atoms with Gasteiger partial charge in [0, 0.05) is 22.6 Å². The molecule has 1 aromatic carbocycles. The van der Waals surface area contributed by atoms with Crippen molar-refractivity contribution in [2.75, 3.05) is 6.54 Å². The van der Waals surface area contributed by atoms with E-state index in [1.807, 2.05) is 12.1 Å². The molecule has 1 aliphatic carbocycles. The fraction of sp³-hybridized carbons (Fsp3) is 0.571. The zero-order valence-electron chi connectivity index (χ0n) is 10.2. The second-order valence-electron chi connectivity index (χ2n) is 5.09. The molecule has 1 saturated carbocycles. The van der Waals surface area contributed by atoms with Gasteiger partial charge in [0.2, 0.25) is 0 Å². The number of rotatable bonds is 6. The Balaban J connectivity index is 1.82. The van der Waals surface area contributed by atoms with Gasteiger partial charge in [-0.05, 0) is 42.4 Å². The van der Waals surface area contributed by atoms with Crippen LogP contribution in [0.5, 0.6) is 0 Å². The van der Waals surface area contributed by atoms with Crippen LogP contribution in [0, 0.1) is 5.41 Å². The summed E-state index contributed by atoms with van der Waals surface area (Å²) in [5, 5.41) is 4.39. The highest BCUT2D eigenvalue weighted by Gasteiger charge is 2.40. The molecule has 1 nitrogen and oxygen atoms in total. The van der Waals surface area contributed by atoms with Gasteiger partial charge in [0.25, 0.3) is 0 Å². The number of halogens is 2. The molecule has 1 fully saturated rings. The number of benzene rings is 1. The molecule has 2 rings (SSSR count). The fourth-order valence-corrected chi connectivity index (χ4v) is 3.09. The van der Waals surface area contributed by atoms with Crippen molar-refractivity contribution in [1.29, 1.82) is 0 Å². The third-order valence-electron chi connectivity index (χ3n) is 3.57. The van der Waals surface area contributed by atoms with E-state index in [1.165, 1.54) is 31.2 Å². The topological polar surface area (TPSA) is 12.0 Å². The minimum atomic E-state index is 0.608. The second kappa shape index (κ2) is 5.73. The zero-order chi connectivity index (χ0) is 12.3. The maximum absolute atomic E-state index is 6.19. The first-order chi connectivity index (χ1) is 8.15. The molecular formula is C14H19BrClN. The van der Waals surface area contributed by atoms with Crippen molar-refractivity contribution in [3.63, 3.8) is 0 Å². The summed E-state index contributed by atoms with van der Waals surface area (Å²) in [4.78, 5) is 0. The molecule has 0 unspecified atom stereocenters. The van der Waals surface area contributed by atoms with Crippen LogP contribution in [0.25, 0.3) is 0 Å². The number of nitrogens with one attached hydrogen (secondary N) is 1. The van der Waals surface area contributed by atoms with E-state index in [9.17, 15) is 0 Å². The highest BCUT2D eigenvalue weighted by atomic mass is 79.9. The average Bonchev–Trinajstić information content (AvgIpc) is 3.02. The Bertz CT molecular complexity index is 388. The summed E-state index contributed by atoms with van der Waals surface area (Å²) in [6.07, 6.45) is 5.43. The molecule has 0 heterocycles. The average molecular weight is 317 g/mol. The lowest BCUT2D eigenvalue weighted by atomic mass is 10.0. The third kappa shape index (κ3) is 3.70. The van der Waals surface area contributed by atoms with Crippen molar-refractivity contribution in [1.82, 2.24) is 5.32 Å². The van der Waals surface area contributed by atoms with E-state index in [1.54, 1.807) is 0 Å². The normalized spacial score (nSPS) is 17.1. The summed E-state index contributed by atoms with van der Waals surface area (Å²) in [5.41, 5.74) is 1.79. The minimum absolute atomic E-state index is 0.608. The summed E-state index contributed by atoms with van der Waals surface area (Å²) >= 11 is 9.61. The first-order valence-electron chi connectivity index (χ1n) is 6.30. The predicted molar refractivity (Wildman–Crippen MR) is 77.4 cm³/mol. The first-order valence-corrected chi connectivity index (χ1v) is 7.47. The lowest BCUT2D eigenvalue weighted by Gasteiger charge is -2.15. The van der Waals surface area contributed by atoms with Gasteiger partial charge in [0.05, 0.1) is 0 Å². The summed E-state index contributed by atoms with van der Waals surface area (Å²) in [5.74, 6) is 0. The zero-order valence-corrected chi connectivity index (χ0v) is 12.6. The Kier molecular flexibility index (Phi) is 4.51. The van der Waals surface area contributed by atoms with Crippen molar-refractivity contribution in [2.24, 2.45) is 5.41 Å². The molecule has 0 radical (unpaired) electrons. The van der Waals surface area contributed by atoms with E-state index in [-0.39, 0.29) is 0 Å². The molecule has 0 amide bonds. The molecule has 0 spiro atoms. The van der Waals surface area contributed by atoms with Crippen molar-refractivity contribution in [3.8, 4) is 0 Å². The van der Waals surface area contributed by atoms with Crippen LogP contribution in [0.3, 0.4) is 0 Å². The molecule has 0 bridgehead atoms. The quantitative estimate of drug-likeness (QED) is 0.797. The summed E-state index contributed by atoms with van der Waals surface area (Å²) in [7, 11) is 0. The Morgan fingerprint density at radius 2 is 2.18 bits per heavy atom. The maximum atomic E-state index is 6.19. The predicted octanol–water partition coefficient (Wildman–Crippen LogP) is 4.77. The molecular weight excluding hydrogens is 298 g/mol. The molecule has 1 aliphatic rings. The van der Waals surface area contributed by atoms with Crippen molar-refractivity contribution in [3.05, 3.63) is 33.3 Å². The van der Waals surface area contributed by atoms with Crippen LogP contribution in [-0.2, 0) is 6.54 Å². The lowest BCUT2D eigenvalue weighted by molar-refractivity contribution is 0.421. The van der Waals surface area contributed by atoms with Crippen LogP contribution in [0.1, 0.15) is 38.2 Å². The molecule has 3 heteroatoms. The Labute approximate surface area is 117 Å². The third-order valence-corrected chi connectivity index (χ3v) is 4.41. The molecule has 0 aromatic heterocycles. The molecule has 0 saturated heterocycles. The molecule has 94 valence electrons. The maximum Gasteiger partial charge on any atom is 0.0462 e. The van der Waals surface area contributed by atoms with Gasteiger partial charge in [0.15, 0.2) is 0 Å². The lowest BCUT2D eigenvalue weighted by Crippen LogP contribution is -2.23. The highest BCUT2D eigenvalue weighted by Crippen LogP contribution is 2.48. The number of hydrogen-bond donors (Lipinski definition) is 1. The second-order valence-corrected chi connectivity index (χ2v) is 6.41. The minimum Gasteiger partial charge on any atom is -0.312 e. The molecule has 0 aliphatic heterocycles. The summed E-state index contributed by atoms with van der Waals surface area (Å²) in [6.45, 7) is 4.27. The standard InChI is InChI=1S/C14H19BrClN/c1-2-5-14(6-7-14)10-17-9-11-3-4-12(15)8-13(11)16/h3-4,8,17H,2,5-7,9-10H2,1H3. The van der Waals surface area contributed by atoms with E-state index in [0.29, 0.717) is 5.41 Å². The molecule has 1 N–H and O–H groups in total. The highest BCUT2D eigenvalue weighted by molar-refractivity contribution is 9.10. The van der Waals surface area contributed by atoms with Gasteiger partial charge in [-0.2, -0.15) is 0 Å². The fourth-order valence-electron chi connectivity index (χ4n) is 2.35. The van der Waals surface area contributed by atoms with Crippen LogP contribution in [0.2, 0.25) is 5.02 Å². The van der Waals surface area contributed by atoms with E-state index in [4.69, 9.17) is 11.6 Å². The van der Waals surface area contributed by atoms with Gasteiger partial charge >= 0.3 is 0 Å². The Morgan fingerprint density at radius 3 is 2.76 bits per heavy atom. The molecule has 17 heavy (non-hydrogen) atoms. The first kappa shape index (κ1) is 13.4. The van der Waals surface area contributed by atoms with Crippen molar-refractivity contribution >= 4 is 27.5 Å². The van der Waals surface area contributed by atoms with E-state index in [0.717, 1.165) is 22.6 Å². The van der Waals surface area contributed by atoms with Crippen molar-refractivity contribution in [2.45, 2.75) is 39.2 Å².